The molecule has 0 radical (unpaired) electrons. The zero-order valence-electron chi connectivity index (χ0n) is 19.1. The van der Waals surface area contributed by atoms with Crippen LogP contribution in [0.25, 0.3) is 11.1 Å². The molecule has 0 heterocycles. The second-order valence-corrected chi connectivity index (χ2v) is 9.99. The van der Waals surface area contributed by atoms with E-state index in [1.807, 2.05) is 54.6 Å². The molecular weight excluding hydrogens is 525 g/mol. The third-order valence-corrected chi connectivity index (χ3v) is 6.61. The Morgan fingerprint density at radius 2 is 1.43 bits per heavy atom. The van der Waals surface area contributed by atoms with E-state index in [0.29, 0.717) is 5.56 Å². The summed E-state index contributed by atoms with van der Waals surface area (Å²) in [7, 11) is -5.68. The van der Waals surface area contributed by atoms with Gasteiger partial charge in [-0.15, -0.1) is 0 Å². The Bertz CT molecular complexity index is 1490. The first-order valence-electron chi connectivity index (χ1n) is 10.9. The average molecular weight is 545 g/mol. The van der Waals surface area contributed by atoms with E-state index in [9.17, 15) is 21.6 Å². The third kappa shape index (κ3) is 6.49. The zero-order valence-corrected chi connectivity index (χ0v) is 20.7. The van der Waals surface area contributed by atoms with Crippen LogP contribution in [0.1, 0.15) is 16.7 Å². The van der Waals surface area contributed by atoms with E-state index in [4.69, 9.17) is 16.4 Å². The molecule has 10 heteroatoms. The predicted octanol–water partition coefficient (Wildman–Crippen LogP) is 7.24. The van der Waals surface area contributed by atoms with Crippen LogP contribution in [0.15, 0.2) is 108 Å². The molecule has 4 rings (SSSR count). The Labute approximate surface area is 217 Å². The number of halogens is 4. The van der Waals surface area contributed by atoms with Crippen molar-refractivity contribution in [1.29, 1.82) is 0 Å². The molecule has 0 atom stereocenters. The van der Waals surface area contributed by atoms with Gasteiger partial charge in [-0.25, -0.2) is 0 Å². The van der Waals surface area contributed by atoms with E-state index >= 15 is 0 Å². The number of hydrogen-bond acceptors (Lipinski definition) is 4. The number of oxime groups is 1. The van der Waals surface area contributed by atoms with Crippen LogP contribution < -0.4 is 4.72 Å². The smallest absolute Gasteiger partial charge is 0.390 e. The van der Waals surface area contributed by atoms with Crippen LogP contribution in [0.2, 0.25) is 5.02 Å². The van der Waals surface area contributed by atoms with Crippen molar-refractivity contribution in [3.63, 3.8) is 0 Å². The molecule has 0 unspecified atom stereocenters. The van der Waals surface area contributed by atoms with Crippen LogP contribution in [-0.4, -0.2) is 19.6 Å². The lowest BCUT2D eigenvalue weighted by atomic mass is 10.0. The van der Waals surface area contributed by atoms with Crippen molar-refractivity contribution >= 4 is 33.0 Å². The lowest BCUT2D eigenvalue weighted by Crippen LogP contribution is -2.30. The van der Waals surface area contributed by atoms with Crippen molar-refractivity contribution in [3.05, 3.63) is 125 Å². The Morgan fingerprint density at radius 1 is 0.838 bits per heavy atom. The molecule has 37 heavy (non-hydrogen) atoms. The van der Waals surface area contributed by atoms with Crippen molar-refractivity contribution in [3.8, 4) is 11.1 Å². The summed E-state index contributed by atoms with van der Waals surface area (Å²) >= 11 is 6.11. The van der Waals surface area contributed by atoms with Crippen LogP contribution >= 0.6 is 11.6 Å². The van der Waals surface area contributed by atoms with Gasteiger partial charge in [0.15, 0.2) is 0 Å². The molecule has 190 valence electrons. The molecule has 4 aromatic carbocycles. The fourth-order valence-corrected chi connectivity index (χ4v) is 4.21. The highest BCUT2D eigenvalue weighted by Gasteiger charge is 2.46. The van der Waals surface area contributed by atoms with E-state index < -0.39 is 15.5 Å². The average Bonchev–Trinajstić information content (AvgIpc) is 2.88. The van der Waals surface area contributed by atoms with Crippen molar-refractivity contribution in [2.45, 2.75) is 12.1 Å². The molecule has 0 amide bonds. The monoisotopic (exact) mass is 544 g/mol. The molecule has 0 fully saturated rings. The lowest BCUT2D eigenvalue weighted by Gasteiger charge is -2.16. The molecule has 5 nitrogen and oxygen atoms in total. The molecule has 0 aliphatic heterocycles. The topological polar surface area (TPSA) is 67.8 Å². The highest BCUT2D eigenvalue weighted by Crippen LogP contribution is 2.30. The first-order valence-corrected chi connectivity index (χ1v) is 12.8. The second-order valence-electron chi connectivity index (χ2n) is 7.88. The van der Waals surface area contributed by atoms with Gasteiger partial charge in [-0.05, 0) is 34.9 Å². The van der Waals surface area contributed by atoms with Gasteiger partial charge in [-0.3, -0.25) is 4.72 Å². The molecule has 0 aliphatic carbocycles. The molecular formula is C27H20ClF3N2O3S. The number of sulfonamides is 1. The van der Waals surface area contributed by atoms with Crippen LogP contribution in [0.3, 0.4) is 0 Å². The minimum Gasteiger partial charge on any atom is -0.390 e. The van der Waals surface area contributed by atoms with Gasteiger partial charge in [0.2, 0.25) is 0 Å². The minimum atomic E-state index is -5.68. The number of alkyl halides is 3. The van der Waals surface area contributed by atoms with Gasteiger partial charge >= 0.3 is 15.5 Å². The van der Waals surface area contributed by atoms with Gasteiger partial charge in [0, 0.05) is 16.1 Å². The summed E-state index contributed by atoms with van der Waals surface area (Å²) in [6.45, 7) is 0.0651. The maximum absolute atomic E-state index is 13.0. The summed E-state index contributed by atoms with van der Waals surface area (Å²) < 4.78 is 64.3. The van der Waals surface area contributed by atoms with Crippen LogP contribution in [0.4, 0.5) is 18.9 Å². The highest BCUT2D eigenvalue weighted by molar-refractivity contribution is 7.93. The van der Waals surface area contributed by atoms with Gasteiger partial charge < -0.3 is 4.84 Å². The van der Waals surface area contributed by atoms with Gasteiger partial charge in [-0.2, -0.15) is 21.6 Å². The van der Waals surface area contributed by atoms with E-state index in [2.05, 4.69) is 5.16 Å². The third-order valence-electron chi connectivity index (χ3n) is 5.28. The molecule has 0 spiro atoms. The Hall–Kier alpha value is -3.82. The molecule has 4 aromatic rings. The van der Waals surface area contributed by atoms with Crippen molar-refractivity contribution in [2.75, 3.05) is 4.72 Å². The van der Waals surface area contributed by atoms with E-state index in [-0.39, 0.29) is 28.6 Å². The number of benzene rings is 4. The molecule has 0 aromatic heterocycles. The minimum absolute atomic E-state index is 0.0194. The second kappa shape index (κ2) is 11.1. The van der Waals surface area contributed by atoms with Crippen molar-refractivity contribution < 1.29 is 26.4 Å². The summed E-state index contributed by atoms with van der Waals surface area (Å²) in [4.78, 5) is 5.57. The van der Waals surface area contributed by atoms with E-state index in [0.717, 1.165) is 22.8 Å². The van der Waals surface area contributed by atoms with Crippen LogP contribution in [0.5, 0.6) is 0 Å². The number of nitrogens with one attached hydrogen (secondary N) is 1. The van der Waals surface area contributed by atoms with Gasteiger partial charge in [0.1, 0.15) is 12.3 Å². The predicted molar refractivity (Wildman–Crippen MR) is 139 cm³/mol. The maximum Gasteiger partial charge on any atom is 0.516 e. The molecule has 0 saturated carbocycles. The summed E-state index contributed by atoms with van der Waals surface area (Å²) in [5.74, 6) is 0. The van der Waals surface area contributed by atoms with Gasteiger partial charge in [0.05, 0.1) is 5.69 Å². The number of nitrogens with zero attached hydrogens (tertiary/aromatic N) is 1. The SMILES string of the molecule is O=S(=O)(Nc1ccc(Cl)cc1/C(=N/OCc1ccc(-c2ccccc2)cc1)c1ccccc1)C(F)(F)F. The first-order chi connectivity index (χ1) is 17.6. The Balaban J connectivity index is 1.65. The lowest BCUT2D eigenvalue weighted by molar-refractivity contribution is -0.0429. The van der Waals surface area contributed by atoms with Gasteiger partial charge in [-0.1, -0.05) is 102 Å². The number of rotatable bonds is 8. The number of anilines is 1. The summed E-state index contributed by atoms with van der Waals surface area (Å²) in [6.07, 6.45) is 0. The maximum atomic E-state index is 13.0. The normalized spacial score (nSPS) is 12.3. The largest absolute Gasteiger partial charge is 0.516 e. The highest BCUT2D eigenvalue weighted by atomic mass is 35.5. The van der Waals surface area contributed by atoms with E-state index in [1.54, 1.807) is 35.1 Å². The Kier molecular flexibility index (Phi) is 7.85. The van der Waals surface area contributed by atoms with Gasteiger partial charge in [0.25, 0.3) is 0 Å². The van der Waals surface area contributed by atoms with Crippen LogP contribution in [0, 0.1) is 0 Å². The molecule has 0 aliphatic rings. The summed E-state index contributed by atoms with van der Waals surface area (Å²) in [5, 5.41) is 4.35. The number of hydrogen-bond donors (Lipinski definition) is 1. The first kappa shape index (κ1) is 26.2. The van der Waals surface area contributed by atoms with Crippen molar-refractivity contribution in [1.82, 2.24) is 0 Å². The fourth-order valence-electron chi connectivity index (χ4n) is 3.45. The molecule has 1 N–H and O–H groups in total. The Morgan fingerprint density at radius 3 is 2.05 bits per heavy atom. The van der Waals surface area contributed by atoms with Crippen LogP contribution in [-0.2, 0) is 21.5 Å². The molecule has 0 saturated heterocycles. The quantitative estimate of drug-likeness (QED) is 0.188. The fraction of sp³-hybridized carbons (Fsp3) is 0.0741. The molecule has 0 bridgehead atoms. The van der Waals surface area contributed by atoms with E-state index in [1.165, 1.54) is 12.1 Å². The standard InChI is InChI=1S/C27H20ClF3N2O3S/c28-23-15-16-25(33-37(34,35)27(29,30)31)24(17-23)26(22-9-5-2-6-10-22)32-36-18-19-11-13-21(14-12-19)20-7-3-1-4-8-20/h1-17,33H,18H2/b32-26+. The summed E-state index contributed by atoms with van der Waals surface area (Å²) in [6, 6.07) is 29.7. The van der Waals surface area contributed by atoms with Crippen molar-refractivity contribution in [2.24, 2.45) is 5.16 Å². The zero-order chi connectivity index (χ0) is 26.5. The summed E-state index contributed by atoms with van der Waals surface area (Å²) in [5.41, 5.74) is -2.35.